The Kier molecular flexibility index (Phi) is 9.42. The number of carbonyl (C=O) groups excluding carboxylic acids is 1. The summed E-state index contributed by atoms with van der Waals surface area (Å²) in [5, 5.41) is 3.46. The van der Waals surface area contributed by atoms with Crippen molar-refractivity contribution >= 4 is 30.8 Å². The second-order valence-electron chi connectivity index (χ2n) is 9.96. The van der Waals surface area contributed by atoms with Crippen molar-refractivity contribution in [2.45, 2.75) is 103 Å². The molecule has 0 aliphatic rings. The van der Waals surface area contributed by atoms with Gasteiger partial charge in [-0.2, -0.15) is 0 Å². The summed E-state index contributed by atoms with van der Waals surface area (Å²) in [5.74, 6) is -0.219. The molecule has 0 saturated carbocycles. The van der Waals surface area contributed by atoms with Gasteiger partial charge in [0.15, 0.2) is 0 Å². The van der Waals surface area contributed by atoms with E-state index in [2.05, 4.69) is 57.4 Å². The number of hydrogen-bond donors (Lipinski definition) is 0. The molecule has 0 aliphatic heterocycles. The number of carbonyl (C=O) groups is 1. The summed E-state index contributed by atoms with van der Waals surface area (Å²) in [6.45, 7) is 13.0. The highest BCUT2D eigenvalue weighted by Gasteiger charge is 2.40. The highest BCUT2D eigenvalue weighted by molar-refractivity contribution is 7.09. The van der Waals surface area contributed by atoms with E-state index in [1.165, 1.54) is 50.3 Å². The molecule has 0 spiro atoms. The lowest BCUT2D eigenvalue weighted by Crippen LogP contribution is -2.48. The molecule has 0 radical (unpaired) electrons. The molecular formula is C25H40O3SSi. The molecule has 0 aromatic carbocycles. The number of esters is 1. The van der Waals surface area contributed by atoms with Gasteiger partial charge >= 0.3 is 5.97 Å². The maximum Gasteiger partial charge on any atom is 0.303 e. The van der Waals surface area contributed by atoms with E-state index >= 15 is 0 Å². The quantitative estimate of drug-likeness (QED) is 0.190. The van der Waals surface area contributed by atoms with Crippen LogP contribution in [0.5, 0.6) is 0 Å². The fourth-order valence-corrected chi connectivity index (χ4v) is 5.87. The molecule has 2 aromatic rings. The van der Waals surface area contributed by atoms with Crippen molar-refractivity contribution < 1.29 is 13.9 Å². The Labute approximate surface area is 188 Å². The van der Waals surface area contributed by atoms with Crippen LogP contribution >= 0.6 is 11.3 Å². The third kappa shape index (κ3) is 7.42. The van der Waals surface area contributed by atoms with E-state index in [4.69, 9.17) is 9.15 Å². The van der Waals surface area contributed by atoms with Gasteiger partial charge < -0.3 is 9.15 Å². The Bertz CT molecular complexity index is 756. The van der Waals surface area contributed by atoms with Crippen LogP contribution in [0.3, 0.4) is 0 Å². The number of furan rings is 1. The van der Waals surface area contributed by atoms with Crippen LogP contribution in [0.4, 0.5) is 0 Å². The van der Waals surface area contributed by atoms with Gasteiger partial charge in [0, 0.05) is 17.4 Å². The number of hydrogen-bond acceptors (Lipinski definition) is 4. The Morgan fingerprint density at radius 3 is 2.40 bits per heavy atom. The maximum absolute atomic E-state index is 11.7. The van der Waals surface area contributed by atoms with Gasteiger partial charge in [0.05, 0.1) is 11.6 Å². The first kappa shape index (κ1) is 24.9. The van der Waals surface area contributed by atoms with Crippen LogP contribution in [-0.4, -0.2) is 14.0 Å². The van der Waals surface area contributed by atoms with Gasteiger partial charge in [-0.05, 0) is 48.2 Å². The third-order valence-corrected chi connectivity index (χ3v) is 12.7. The summed E-state index contributed by atoms with van der Waals surface area (Å²) >= 11 is 1.86. The zero-order valence-electron chi connectivity index (χ0n) is 19.8. The molecule has 3 nitrogen and oxygen atoms in total. The van der Waals surface area contributed by atoms with Crippen LogP contribution in [0.15, 0.2) is 34.3 Å². The Morgan fingerprint density at radius 1 is 1.13 bits per heavy atom. The highest BCUT2D eigenvalue weighted by atomic mass is 32.1. The molecule has 0 aliphatic carbocycles. The molecule has 2 aromatic heterocycles. The minimum atomic E-state index is -1.73. The van der Waals surface area contributed by atoms with Crippen molar-refractivity contribution in [1.29, 1.82) is 0 Å². The molecule has 0 saturated heterocycles. The van der Waals surface area contributed by atoms with Crippen molar-refractivity contribution in [2.24, 2.45) is 0 Å². The van der Waals surface area contributed by atoms with Crippen molar-refractivity contribution in [3.63, 3.8) is 0 Å². The van der Waals surface area contributed by atoms with E-state index < -0.39 is 8.07 Å². The van der Waals surface area contributed by atoms with E-state index in [1.807, 2.05) is 17.6 Å². The third-order valence-electron chi connectivity index (χ3n) is 6.51. The van der Waals surface area contributed by atoms with Crippen LogP contribution in [0.2, 0.25) is 18.1 Å². The van der Waals surface area contributed by atoms with Gasteiger partial charge in [-0.25, -0.2) is 0 Å². The lowest BCUT2D eigenvalue weighted by atomic mass is 10.0. The Balaban J connectivity index is 1.78. The minimum absolute atomic E-state index is 0.191. The van der Waals surface area contributed by atoms with E-state index in [1.54, 1.807) is 0 Å². The van der Waals surface area contributed by atoms with E-state index in [-0.39, 0.29) is 17.1 Å². The lowest BCUT2D eigenvalue weighted by molar-refractivity contribution is -0.147. The first-order chi connectivity index (χ1) is 14.1. The van der Waals surface area contributed by atoms with Crippen molar-refractivity contribution in [2.75, 3.05) is 0 Å². The normalized spacial score (nSPS) is 13.4. The lowest BCUT2D eigenvalue weighted by Gasteiger charge is -2.34. The molecule has 2 rings (SSSR count). The fraction of sp³-hybridized carbons (Fsp3) is 0.640. The largest absolute Gasteiger partial charge is 0.474 e. The summed E-state index contributed by atoms with van der Waals surface area (Å²) in [4.78, 5) is 13.1. The SMILES string of the molecule is CC(=O)OC(CCCCCCCCc1cccs1)c1coc([Si](C)(C)C(C)(C)C)c1. The predicted molar refractivity (Wildman–Crippen MR) is 130 cm³/mol. The summed E-state index contributed by atoms with van der Waals surface area (Å²) in [5.41, 5.74) is 1.01. The molecule has 1 atom stereocenters. The number of rotatable bonds is 12. The maximum atomic E-state index is 11.7. The molecular weight excluding hydrogens is 408 g/mol. The van der Waals surface area contributed by atoms with Gasteiger partial charge in [-0.15, -0.1) is 11.3 Å². The van der Waals surface area contributed by atoms with Gasteiger partial charge in [0.25, 0.3) is 0 Å². The van der Waals surface area contributed by atoms with Crippen LogP contribution in [-0.2, 0) is 16.0 Å². The van der Waals surface area contributed by atoms with Crippen molar-refractivity contribution in [1.82, 2.24) is 0 Å². The van der Waals surface area contributed by atoms with Crippen molar-refractivity contribution in [3.05, 3.63) is 40.3 Å². The number of aryl methyl sites for hydroxylation is 1. The van der Waals surface area contributed by atoms with Crippen LogP contribution < -0.4 is 5.38 Å². The summed E-state index contributed by atoms with van der Waals surface area (Å²) in [6.07, 6.45) is 11.1. The molecule has 1 unspecified atom stereocenters. The first-order valence-electron chi connectivity index (χ1n) is 11.4. The molecule has 0 amide bonds. The van der Waals surface area contributed by atoms with E-state index in [0.717, 1.165) is 23.8 Å². The summed E-state index contributed by atoms with van der Waals surface area (Å²) in [6, 6.07) is 6.51. The molecule has 5 heteroatoms. The number of thiophene rings is 1. The molecule has 168 valence electrons. The van der Waals surface area contributed by atoms with E-state index in [0.29, 0.717) is 0 Å². The summed E-state index contributed by atoms with van der Waals surface area (Å²) in [7, 11) is -1.73. The Morgan fingerprint density at radius 2 is 1.80 bits per heavy atom. The van der Waals surface area contributed by atoms with Gasteiger partial charge in [0.1, 0.15) is 14.2 Å². The second kappa shape index (κ2) is 11.3. The standard InChI is InChI=1S/C25H40O3SSi/c1-20(26)28-23(21-18-24(27-19-21)30(5,6)25(2,3)4)16-12-10-8-7-9-11-14-22-15-13-17-29-22/h13,15,17-19,23H,7-12,14,16H2,1-6H3. The van der Waals surface area contributed by atoms with Gasteiger partial charge in [-0.1, -0.05) is 65.6 Å². The Hall–Kier alpha value is -1.33. The van der Waals surface area contributed by atoms with E-state index in [9.17, 15) is 4.79 Å². The second-order valence-corrected chi connectivity index (χ2v) is 16.2. The summed E-state index contributed by atoms with van der Waals surface area (Å²) < 4.78 is 11.6. The topological polar surface area (TPSA) is 39.4 Å². The average molecular weight is 449 g/mol. The number of ether oxygens (including phenoxy) is 1. The molecule has 2 heterocycles. The smallest absolute Gasteiger partial charge is 0.303 e. The predicted octanol–water partition coefficient (Wildman–Crippen LogP) is 7.63. The van der Waals surface area contributed by atoms with Gasteiger partial charge in [0.2, 0.25) is 0 Å². The van der Waals surface area contributed by atoms with Gasteiger partial charge in [-0.3, -0.25) is 4.79 Å². The molecule has 0 bridgehead atoms. The van der Waals surface area contributed by atoms with Crippen LogP contribution in [0.25, 0.3) is 0 Å². The monoisotopic (exact) mass is 448 g/mol. The fourth-order valence-electron chi connectivity index (χ4n) is 3.50. The molecule has 0 N–H and O–H groups in total. The van der Waals surface area contributed by atoms with Crippen LogP contribution in [0, 0.1) is 0 Å². The van der Waals surface area contributed by atoms with Crippen molar-refractivity contribution in [3.8, 4) is 0 Å². The zero-order chi connectivity index (χ0) is 22.2. The molecule has 30 heavy (non-hydrogen) atoms. The number of unbranched alkanes of at least 4 members (excludes halogenated alkanes) is 5. The zero-order valence-corrected chi connectivity index (χ0v) is 21.6. The van der Waals surface area contributed by atoms with Crippen LogP contribution in [0.1, 0.15) is 89.2 Å². The first-order valence-corrected chi connectivity index (χ1v) is 15.3. The average Bonchev–Trinajstić information content (AvgIpc) is 3.33. The minimum Gasteiger partial charge on any atom is -0.474 e. The molecule has 0 fully saturated rings. The highest BCUT2D eigenvalue weighted by Crippen LogP contribution is 2.36.